The molecule has 0 aromatic heterocycles. The monoisotopic (exact) mass is 247 g/mol. The maximum atomic E-state index is 3.52. The number of nitrogens with one attached hydrogen (secondary N) is 1. The molecule has 1 rings (SSSR count). The van der Waals surface area contributed by atoms with Crippen LogP contribution in [0.4, 0.5) is 0 Å². The van der Waals surface area contributed by atoms with E-state index >= 15 is 0 Å². The second-order valence-corrected chi connectivity index (χ2v) is 6.01. The number of rotatable bonds is 7. The van der Waals surface area contributed by atoms with Crippen LogP contribution in [0.2, 0.25) is 0 Å². The minimum Gasteiger partial charge on any atom is -0.316 e. The lowest BCUT2D eigenvalue weighted by Crippen LogP contribution is -2.33. The molecule has 102 valence electrons. The third-order valence-electron chi connectivity index (χ3n) is 3.57. The van der Waals surface area contributed by atoms with E-state index in [9.17, 15) is 0 Å². The molecular formula is C17H29N. The van der Waals surface area contributed by atoms with Gasteiger partial charge in [0.2, 0.25) is 0 Å². The molecule has 0 radical (unpaired) electrons. The first kappa shape index (κ1) is 15.2. The van der Waals surface area contributed by atoms with Crippen LogP contribution in [0.25, 0.3) is 0 Å². The highest BCUT2D eigenvalue weighted by Crippen LogP contribution is 2.28. The SMILES string of the molecule is CCCC(C)(CNCC)Cc1cc(C)cc(C)c1. The van der Waals surface area contributed by atoms with Gasteiger partial charge >= 0.3 is 0 Å². The number of aryl methyl sites for hydroxylation is 2. The summed E-state index contributed by atoms with van der Waals surface area (Å²) in [4.78, 5) is 0. The molecule has 0 bridgehead atoms. The first-order chi connectivity index (χ1) is 8.49. The average molecular weight is 247 g/mol. The summed E-state index contributed by atoms with van der Waals surface area (Å²) in [5.41, 5.74) is 4.63. The molecule has 1 heteroatoms. The van der Waals surface area contributed by atoms with Crippen molar-refractivity contribution in [1.29, 1.82) is 0 Å². The first-order valence-electron chi connectivity index (χ1n) is 7.27. The van der Waals surface area contributed by atoms with E-state index in [0.717, 1.165) is 13.1 Å². The molecule has 0 saturated heterocycles. The number of benzene rings is 1. The Kier molecular flexibility index (Phi) is 5.87. The molecule has 1 aromatic rings. The van der Waals surface area contributed by atoms with Crippen molar-refractivity contribution in [3.63, 3.8) is 0 Å². The summed E-state index contributed by atoms with van der Waals surface area (Å²) in [5.74, 6) is 0. The predicted octanol–water partition coefficient (Wildman–Crippen LogP) is 4.26. The second-order valence-electron chi connectivity index (χ2n) is 6.01. The van der Waals surface area contributed by atoms with Crippen molar-refractivity contribution >= 4 is 0 Å². The summed E-state index contributed by atoms with van der Waals surface area (Å²) in [6, 6.07) is 6.94. The molecular weight excluding hydrogens is 218 g/mol. The van der Waals surface area contributed by atoms with Crippen LogP contribution in [-0.2, 0) is 6.42 Å². The van der Waals surface area contributed by atoms with Gasteiger partial charge in [0.05, 0.1) is 0 Å². The van der Waals surface area contributed by atoms with E-state index in [4.69, 9.17) is 0 Å². The topological polar surface area (TPSA) is 12.0 Å². The summed E-state index contributed by atoms with van der Waals surface area (Å²) in [5, 5.41) is 3.52. The Hall–Kier alpha value is -0.820. The molecule has 1 atom stereocenters. The molecule has 1 N–H and O–H groups in total. The highest BCUT2D eigenvalue weighted by atomic mass is 14.9. The van der Waals surface area contributed by atoms with Gasteiger partial charge in [-0.2, -0.15) is 0 Å². The standard InChI is InChI=1S/C17H29N/c1-6-8-17(5,13-18-7-2)12-16-10-14(3)9-15(4)11-16/h9-11,18H,6-8,12-13H2,1-5H3. The van der Waals surface area contributed by atoms with Gasteiger partial charge in [0.15, 0.2) is 0 Å². The van der Waals surface area contributed by atoms with Gasteiger partial charge in [-0.3, -0.25) is 0 Å². The molecule has 1 aromatic carbocycles. The fraction of sp³-hybridized carbons (Fsp3) is 0.647. The van der Waals surface area contributed by atoms with Crippen LogP contribution < -0.4 is 5.32 Å². The Bertz CT molecular complexity index is 350. The smallest absolute Gasteiger partial charge is 0.000823 e. The van der Waals surface area contributed by atoms with Gasteiger partial charge in [-0.25, -0.2) is 0 Å². The molecule has 0 fully saturated rings. The second kappa shape index (κ2) is 6.94. The molecule has 0 aliphatic carbocycles. The quantitative estimate of drug-likeness (QED) is 0.759. The van der Waals surface area contributed by atoms with E-state index in [1.54, 1.807) is 0 Å². The lowest BCUT2D eigenvalue weighted by molar-refractivity contribution is 0.277. The molecule has 0 heterocycles. The summed E-state index contributed by atoms with van der Waals surface area (Å²) in [6.07, 6.45) is 3.72. The third-order valence-corrected chi connectivity index (χ3v) is 3.57. The lowest BCUT2D eigenvalue weighted by Gasteiger charge is -2.30. The van der Waals surface area contributed by atoms with Crippen LogP contribution >= 0.6 is 0 Å². The van der Waals surface area contributed by atoms with E-state index in [0.29, 0.717) is 5.41 Å². The zero-order valence-corrected chi connectivity index (χ0v) is 12.8. The van der Waals surface area contributed by atoms with Gasteiger partial charge in [-0.15, -0.1) is 0 Å². The summed E-state index contributed by atoms with van der Waals surface area (Å²) >= 11 is 0. The molecule has 18 heavy (non-hydrogen) atoms. The fourth-order valence-electron chi connectivity index (χ4n) is 2.93. The Morgan fingerprint density at radius 2 is 1.67 bits per heavy atom. The minimum atomic E-state index is 0.380. The van der Waals surface area contributed by atoms with Crippen LogP contribution in [0, 0.1) is 19.3 Å². The van der Waals surface area contributed by atoms with Crippen molar-refractivity contribution in [2.45, 2.75) is 53.9 Å². The molecule has 0 aliphatic rings. The van der Waals surface area contributed by atoms with Gasteiger partial charge < -0.3 is 5.32 Å². The molecule has 0 spiro atoms. The molecule has 0 saturated carbocycles. The van der Waals surface area contributed by atoms with Crippen LogP contribution in [0.1, 0.15) is 50.3 Å². The predicted molar refractivity (Wildman–Crippen MR) is 81.2 cm³/mol. The highest BCUT2D eigenvalue weighted by Gasteiger charge is 2.23. The maximum absolute atomic E-state index is 3.52. The third kappa shape index (κ3) is 4.81. The van der Waals surface area contributed by atoms with Gasteiger partial charge in [0.25, 0.3) is 0 Å². The summed E-state index contributed by atoms with van der Waals surface area (Å²) in [7, 11) is 0. The van der Waals surface area contributed by atoms with E-state index in [1.165, 1.54) is 36.0 Å². The maximum Gasteiger partial charge on any atom is 0.000823 e. The van der Waals surface area contributed by atoms with E-state index in [2.05, 4.69) is 58.1 Å². The Morgan fingerprint density at radius 3 is 2.17 bits per heavy atom. The van der Waals surface area contributed by atoms with Crippen LogP contribution in [0.5, 0.6) is 0 Å². The Morgan fingerprint density at radius 1 is 1.06 bits per heavy atom. The normalized spacial score (nSPS) is 14.5. The summed E-state index contributed by atoms with van der Waals surface area (Å²) in [6.45, 7) is 13.4. The van der Waals surface area contributed by atoms with Gasteiger partial charge in [-0.05, 0) is 44.2 Å². The van der Waals surface area contributed by atoms with E-state index in [1.807, 2.05) is 0 Å². The van der Waals surface area contributed by atoms with Crippen molar-refractivity contribution in [2.24, 2.45) is 5.41 Å². The van der Waals surface area contributed by atoms with Crippen molar-refractivity contribution < 1.29 is 0 Å². The van der Waals surface area contributed by atoms with E-state index in [-0.39, 0.29) is 0 Å². The highest BCUT2D eigenvalue weighted by molar-refractivity contribution is 5.29. The van der Waals surface area contributed by atoms with Crippen molar-refractivity contribution in [3.05, 3.63) is 34.9 Å². The molecule has 0 amide bonds. The van der Waals surface area contributed by atoms with Crippen molar-refractivity contribution in [2.75, 3.05) is 13.1 Å². The zero-order valence-electron chi connectivity index (χ0n) is 12.8. The largest absolute Gasteiger partial charge is 0.316 e. The zero-order chi connectivity index (χ0) is 13.6. The van der Waals surface area contributed by atoms with Gasteiger partial charge in [0, 0.05) is 6.54 Å². The number of hydrogen-bond donors (Lipinski definition) is 1. The molecule has 1 unspecified atom stereocenters. The molecule has 1 nitrogen and oxygen atoms in total. The Balaban J connectivity index is 2.81. The first-order valence-corrected chi connectivity index (χ1v) is 7.27. The van der Waals surface area contributed by atoms with Crippen molar-refractivity contribution in [3.8, 4) is 0 Å². The Labute approximate surface area is 113 Å². The van der Waals surface area contributed by atoms with Crippen LogP contribution in [0.3, 0.4) is 0 Å². The fourth-order valence-corrected chi connectivity index (χ4v) is 2.93. The van der Waals surface area contributed by atoms with Gasteiger partial charge in [0.1, 0.15) is 0 Å². The molecule has 0 aliphatic heterocycles. The van der Waals surface area contributed by atoms with Crippen molar-refractivity contribution in [1.82, 2.24) is 5.32 Å². The van der Waals surface area contributed by atoms with Gasteiger partial charge in [-0.1, -0.05) is 56.5 Å². The van der Waals surface area contributed by atoms with E-state index < -0.39 is 0 Å². The number of hydrogen-bond acceptors (Lipinski definition) is 1. The minimum absolute atomic E-state index is 0.380. The summed E-state index contributed by atoms with van der Waals surface area (Å²) < 4.78 is 0. The average Bonchev–Trinajstić information content (AvgIpc) is 2.25. The lowest BCUT2D eigenvalue weighted by atomic mass is 9.79. The van der Waals surface area contributed by atoms with Crippen LogP contribution in [-0.4, -0.2) is 13.1 Å². The van der Waals surface area contributed by atoms with Crippen LogP contribution in [0.15, 0.2) is 18.2 Å².